The summed E-state index contributed by atoms with van der Waals surface area (Å²) in [5, 5.41) is 4.62. The molecular weight excluding hydrogens is 427 g/mol. The van der Waals surface area contributed by atoms with Crippen molar-refractivity contribution in [1.29, 1.82) is 0 Å². The SMILES string of the molecule is O=C(N1CC(Oc2cncc(C(F)(F)F)n2)C1)N1CC2(CC(n3cnc(C4CC4)n3)C2)C1. The maximum absolute atomic E-state index is 12.7. The highest BCUT2D eigenvalue weighted by Gasteiger charge is 2.55. The van der Waals surface area contributed by atoms with E-state index < -0.39 is 11.9 Å². The Kier molecular flexibility index (Phi) is 4.19. The highest BCUT2D eigenvalue weighted by Crippen LogP contribution is 2.54. The molecule has 32 heavy (non-hydrogen) atoms. The van der Waals surface area contributed by atoms with Crippen LogP contribution >= 0.6 is 0 Å². The third kappa shape index (κ3) is 3.45. The summed E-state index contributed by atoms with van der Waals surface area (Å²) in [6.45, 7) is 2.11. The Balaban J connectivity index is 0.954. The molecule has 2 aliphatic carbocycles. The van der Waals surface area contributed by atoms with Crippen molar-refractivity contribution in [2.45, 2.75) is 49.9 Å². The van der Waals surface area contributed by atoms with Gasteiger partial charge in [0.05, 0.1) is 31.5 Å². The first kappa shape index (κ1) is 19.7. The van der Waals surface area contributed by atoms with Gasteiger partial charge in [-0.25, -0.2) is 19.4 Å². The number of amides is 2. The Hall–Kier alpha value is -2.92. The number of likely N-dealkylation sites (tertiary alicyclic amines) is 2. The lowest BCUT2D eigenvalue weighted by Crippen LogP contribution is -2.69. The second-order valence-corrected chi connectivity index (χ2v) is 9.44. The zero-order valence-corrected chi connectivity index (χ0v) is 17.2. The second kappa shape index (κ2) is 6.79. The van der Waals surface area contributed by atoms with Crippen molar-refractivity contribution >= 4 is 6.03 Å². The molecule has 170 valence electrons. The number of carbonyl (C=O) groups is 1. The summed E-state index contributed by atoms with van der Waals surface area (Å²) in [5.74, 6) is 1.33. The number of nitrogens with zero attached hydrogens (tertiary/aromatic N) is 7. The van der Waals surface area contributed by atoms with Crippen molar-refractivity contribution in [3.05, 3.63) is 30.2 Å². The van der Waals surface area contributed by atoms with Gasteiger partial charge in [0.2, 0.25) is 5.88 Å². The van der Waals surface area contributed by atoms with Gasteiger partial charge < -0.3 is 14.5 Å². The minimum atomic E-state index is -4.57. The maximum Gasteiger partial charge on any atom is 0.435 e. The first-order chi connectivity index (χ1) is 15.3. The van der Waals surface area contributed by atoms with Crippen LogP contribution in [-0.4, -0.2) is 72.8 Å². The zero-order chi connectivity index (χ0) is 22.1. The predicted molar refractivity (Wildman–Crippen MR) is 103 cm³/mol. The number of ether oxygens (including phenoxy) is 1. The lowest BCUT2D eigenvalue weighted by Gasteiger charge is -2.59. The Morgan fingerprint density at radius 2 is 1.88 bits per heavy atom. The molecule has 1 spiro atoms. The number of aromatic nitrogens is 5. The summed E-state index contributed by atoms with van der Waals surface area (Å²) in [4.78, 5) is 27.5. The monoisotopic (exact) mass is 449 g/mol. The van der Waals surface area contributed by atoms with E-state index in [1.807, 2.05) is 15.9 Å². The minimum Gasteiger partial charge on any atom is -0.469 e. The lowest BCUT2D eigenvalue weighted by atomic mass is 9.61. The highest BCUT2D eigenvalue weighted by molar-refractivity contribution is 5.76. The van der Waals surface area contributed by atoms with Crippen LogP contribution in [0.2, 0.25) is 0 Å². The van der Waals surface area contributed by atoms with Gasteiger partial charge in [-0.3, -0.25) is 4.98 Å². The van der Waals surface area contributed by atoms with Crippen molar-refractivity contribution in [2.75, 3.05) is 26.2 Å². The topological polar surface area (TPSA) is 89.3 Å². The maximum atomic E-state index is 12.7. The Morgan fingerprint density at radius 1 is 1.12 bits per heavy atom. The van der Waals surface area contributed by atoms with Crippen LogP contribution < -0.4 is 4.74 Å². The molecule has 9 nitrogen and oxygen atoms in total. The first-order valence-electron chi connectivity index (χ1n) is 10.8. The van der Waals surface area contributed by atoms with Gasteiger partial charge in [0, 0.05) is 24.4 Å². The largest absolute Gasteiger partial charge is 0.469 e. The zero-order valence-electron chi connectivity index (χ0n) is 17.2. The molecule has 2 amide bonds. The predicted octanol–water partition coefficient (Wildman–Crippen LogP) is 2.48. The van der Waals surface area contributed by atoms with Gasteiger partial charge in [0.25, 0.3) is 0 Å². The van der Waals surface area contributed by atoms with Crippen LogP contribution in [0.5, 0.6) is 5.88 Å². The summed E-state index contributed by atoms with van der Waals surface area (Å²) in [5.41, 5.74) is -0.915. The number of hydrogen-bond acceptors (Lipinski definition) is 6. The van der Waals surface area contributed by atoms with Crippen molar-refractivity contribution < 1.29 is 22.7 Å². The molecule has 0 unspecified atom stereocenters. The van der Waals surface area contributed by atoms with E-state index in [4.69, 9.17) is 4.74 Å². The number of alkyl halides is 3. The van der Waals surface area contributed by atoms with Crippen LogP contribution in [-0.2, 0) is 6.18 Å². The Morgan fingerprint density at radius 3 is 2.56 bits per heavy atom. The molecular formula is C20H22F3N7O2. The molecule has 2 saturated heterocycles. The van der Waals surface area contributed by atoms with Gasteiger partial charge in [-0.05, 0) is 25.7 Å². The summed E-state index contributed by atoms with van der Waals surface area (Å²) < 4.78 is 45.6. The van der Waals surface area contributed by atoms with E-state index in [1.54, 1.807) is 4.90 Å². The Labute approximate surface area is 181 Å². The van der Waals surface area contributed by atoms with Crippen LogP contribution in [0.3, 0.4) is 0 Å². The highest BCUT2D eigenvalue weighted by atomic mass is 19.4. The molecule has 4 fully saturated rings. The van der Waals surface area contributed by atoms with Gasteiger partial charge in [-0.15, -0.1) is 0 Å². The molecule has 0 bridgehead atoms. The number of carbonyl (C=O) groups excluding carboxylic acids is 1. The van der Waals surface area contributed by atoms with E-state index in [9.17, 15) is 18.0 Å². The molecule has 2 saturated carbocycles. The van der Waals surface area contributed by atoms with Gasteiger partial charge in [0.15, 0.2) is 11.5 Å². The van der Waals surface area contributed by atoms with Gasteiger partial charge in [-0.2, -0.15) is 18.3 Å². The summed E-state index contributed by atoms with van der Waals surface area (Å²) in [6, 6.07) is 0.313. The molecule has 4 aliphatic rings. The van der Waals surface area contributed by atoms with E-state index in [0.717, 1.165) is 38.0 Å². The normalized spacial score (nSPS) is 23.0. The number of urea groups is 1. The standard InChI is InChI=1S/C20H22F3N7O2/c21-20(22,23)15-5-24-6-16(26-15)32-14-7-28(8-14)18(31)29-9-19(10-29)3-13(4-19)30-11-25-17(27-30)12-1-2-12/h5-6,11-14H,1-4,7-10H2. The average Bonchev–Trinajstić information content (AvgIpc) is 3.39. The van der Waals surface area contributed by atoms with E-state index in [1.165, 1.54) is 12.8 Å². The third-order valence-electron chi connectivity index (χ3n) is 6.81. The fourth-order valence-corrected chi connectivity index (χ4v) is 4.86. The Bertz CT molecular complexity index is 1030. The number of hydrogen-bond donors (Lipinski definition) is 0. The molecule has 4 heterocycles. The fourth-order valence-electron chi connectivity index (χ4n) is 4.86. The summed E-state index contributed by atoms with van der Waals surface area (Å²) in [6.07, 6.45) is 3.06. The molecule has 2 aromatic heterocycles. The van der Waals surface area contributed by atoms with Gasteiger partial charge in [-0.1, -0.05) is 0 Å². The fraction of sp³-hybridized carbons (Fsp3) is 0.650. The van der Waals surface area contributed by atoms with Crippen LogP contribution in [0, 0.1) is 5.41 Å². The molecule has 0 aromatic carbocycles. The van der Waals surface area contributed by atoms with Gasteiger partial charge in [0.1, 0.15) is 12.4 Å². The van der Waals surface area contributed by atoms with Crippen LogP contribution in [0.25, 0.3) is 0 Å². The molecule has 0 atom stereocenters. The molecule has 2 aliphatic heterocycles. The first-order valence-corrected chi connectivity index (χ1v) is 10.8. The van der Waals surface area contributed by atoms with Crippen molar-refractivity contribution in [2.24, 2.45) is 5.41 Å². The van der Waals surface area contributed by atoms with Crippen LogP contribution in [0.4, 0.5) is 18.0 Å². The second-order valence-electron chi connectivity index (χ2n) is 9.44. The van der Waals surface area contributed by atoms with E-state index in [-0.39, 0.29) is 23.4 Å². The molecule has 6 rings (SSSR count). The quantitative estimate of drug-likeness (QED) is 0.713. The summed E-state index contributed by atoms with van der Waals surface area (Å²) in [7, 11) is 0. The minimum absolute atomic E-state index is 0.0502. The van der Waals surface area contributed by atoms with E-state index in [0.29, 0.717) is 31.2 Å². The third-order valence-corrected chi connectivity index (χ3v) is 6.81. The van der Waals surface area contributed by atoms with Crippen LogP contribution in [0.1, 0.15) is 49.2 Å². The van der Waals surface area contributed by atoms with Crippen LogP contribution in [0.15, 0.2) is 18.7 Å². The molecule has 0 radical (unpaired) electrons. The summed E-state index contributed by atoms with van der Waals surface area (Å²) >= 11 is 0. The molecule has 0 N–H and O–H groups in total. The van der Waals surface area contributed by atoms with Gasteiger partial charge >= 0.3 is 12.2 Å². The van der Waals surface area contributed by atoms with Crippen molar-refractivity contribution in [3.8, 4) is 5.88 Å². The molecule has 12 heteroatoms. The number of rotatable bonds is 4. The van der Waals surface area contributed by atoms with E-state index in [2.05, 4.69) is 20.1 Å². The lowest BCUT2D eigenvalue weighted by molar-refractivity contribution is -0.141. The van der Waals surface area contributed by atoms with Crippen molar-refractivity contribution in [1.82, 2.24) is 34.5 Å². The van der Waals surface area contributed by atoms with E-state index >= 15 is 0 Å². The average molecular weight is 449 g/mol. The van der Waals surface area contributed by atoms with Crippen molar-refractivity contribution in [3.63, 3.8) is 0 Å². The molecule has 2 aromatic rings. The smallest absolute Gasteiger partial charge is 0.435 e. The number of halogens is 3.